The van der Waals surface area contributed by atoms with Crippen LogP contribution < -0.4 is 10.1 Å². The molecule has 1 aliphatic heterocycles. The van der Waals surface area contributed by atoms with Crippen LogP contribution in [0.4, 0.5) is 0 Å². The molecule has 2 aromatic rings. The summed E-state index contributed by atoms with van der Waals surface area (Å²) in [6.45, 7) is 6.62. The second kappa shape index (κ2) is 8.90. The third kappa shape index (κ3) is 4.67. The third-order valence-corrected chi connectivity index (χ3v) is 4.95. The molecule has 0 bridgehead atoms. The molecule has 1 amide bonds. The van der Waals surface area contributed by atoms with E-state index in [4.69, 9.17) is 9.15 Å². The predicted octanol–water partition coefficient (Wildman–Crippen LogP) is 3.62. The molecule has 0 radical (unpaired) electrons. The van der Waals surface area contributed by atoms with Crippen LogP contribution >= 0.6 is 0 Å². The summed E-state index contributed by atoms with van der Waals surface area (Å²) in [5.74, 6) is 1.59. The second-order valence-electron chi connectivity index (χ2n) is 6.94. The zero-order valence-corrected chi connectivity index (χ0v) is 15.7. The van der Waals surface area contributed by atoms with Crippen LogP contribution in [0.3, 0.4) is 0 Å². The van der Waals surface area contributed by atoms with Gasteiger partial charge in [0, 0.05) is 6.54 Å². The second-order valence-corrected chi connectivity index (χ2v) is 6.94. The van der Waals surface area contributed by atoms with Crippen molar-refractivity contribution in [2.45, 2.75) is 39.2 Å². The maximum Gasteiger partial charge on any atom is 0.258 e. The normalized spacial score (nSPS) is 16.2. The number of aryl methyl sites for hydroxylation is 2. The minimum Gasteiger partial charge on any atom is -0.483 e. The standard InChI is InChI=1S/C21H28N2O3/c1-16-8-6-9-17(2)21(16)26-15-20(24)22-14-18(19-10-7-13-25-19)23-11-4-3-5-12-23/h6-10,13,18H,3-5,11-12,14-15H2,1-2H3,(H,22,24). The molecule has 0 aliphatic carbocycles. The number of hydrogen-bond acceptors (Lipinski definition) is 4. The molecule has 1 aromatic carbocycles. The van der Waals surface area contributed by atoms with Gasteiger partial charge in [0.2, 0.25) is 0 Å². The molecule has 1 N–H and O–H groups in total. The summed E-state index contributed by atoms with van der Waals surface area (Å²) in [6, 6.07) is 9.93. The zero-order valence-electron chi connectivity index (χ0n) is 15.7. The van der Waals surface area contributed by atoms with E-state index in [1.165, 1.54) is 19.3 Å². The maximum atomic E-state index is 12.3. The lowest BCUT2D eigenvalue weighted by Crippen LogP contribution is -2.41. The Labute approximate surface area is 155 Å². The summed E-state index contributed by atoms with van der Waals surface area (Å²) in [7, 11) is 0. The predicted molar refractivity (Wildman–Crippen MR) is 101 cm³/mol. The van der Waals surface area contributed by atoms with Crippen molar-refractivity contribution < 1.29 is 13.9 Å². The molecule has 0 saturated carbocycles. The van der Waals surface area contributed by atoms with Gasteiger partial charge in [-0.25, -0.2) is 0 Å². The van der Waals surface area contributed by atoms with Gasteiger partial charge in [-0.1, -0.05) is 24.6 Å². The summed E-state index contributed by atoms with van der Waals surface area (Å²) < 4.78 is 11.4. The van der Waals surface area contributed by atoms with E-state index >= 15 is 0 Å². The molecule has 3 rings (SSSR count). The average molecular weight is 356 g/mol. The first-order chi connectivity index (χ1) is 12.6. The topological polar surface area (TPSA) is 54.7 Å². The van der Waals surface area contributed by atoms with Gasteiger partial charge in [-0.05, 0) is 63.0 Å². The SMILES string of the molecule is Cc1cccc(C)c1OCC(=O)NCC(c1ccco1)N1CCCCC1. The number of piperidine rings is 1. The number of likely N-dealkylation sites (tertiary alicyclic amines) is 1. The first kappa shape index (κ1) is 18.5. The number of benzene rings is 1. The molecule has 0 spiro atoms. The fourth-order valence-corrected chi connectivity index (χ4v) is 3.55. The van der Waals surface area contributed by atoms with Gasteiger partial charge >= 0.3 is 0 Å². The number of ether oxygens (including phenoxy) is 1. The Bertz CT molecular complexity index is 686. The van der Waals surface area contributed by atoms with Crippen molar-refractivity contribution in [2.24, 2.45) is 0 Å². The lowest BCUT2D eigenvalue weighted by Gasteiger charge is -2.33. The first-order valence-corrected chi connectivity index (χ1v) is 9.38. The molecule has 26 heavy (non-hydrogen) atoms. The minimum atomic E-state index is -0.110. The molecule has 1 aliphatic rings. The lowest BCUT2D eigenvalue weighted by atomic mass is 10.1. The highest BCUT2D eigenvalue weighted by Crippen LogP contribution is 2.25. The Morgan fingerprint density at radius 1 is 1.15 bits per heavy atom. The molecular formula is C21H28N2O3. The number of hydrogen-bond donors (Lipinski definition) is 1. The Morgan fingerprint density at radius 2 is 1.88 bits per heavy atom. The summed E-state index contributed by atoms with van der Waals surface area (Å²) >= 11 is 0. The Morgan fingerprint density at radius 3 is 2.54 bits per heavy atom. The molecule has 140 valence electrons. The van der Waals surface area contributed by atoms with Gasteiger partial charge in [0.05, 0.1) is 12.3 Å². The molecular weight excluding hydrogens is 328 g/mol. The van der Waals surface area contributed by atoms with Gasteiger partial charge in [-0.3, -0.25) is 9.69 Å². The minimum absolute atomic E-state index is 0.0244. The summed E-state index contributed by atoms with van der Waals surface area (Å²) in [5, 5.41) is 3.01. The van der Waals surface area contributed by atoms with Crippen molar-refractivity contribution in [3.05, 3.63) is 53.5 Å². The Balaban J connectivity index is 1.55. The van der Waals surface area contributed by atoms with Gasteiger partial charge in [0.15, 0.2) is 6.61 Å². The lowest BCUT2D eigenvalue weighted by molar-refractivity contribution is -0.123. The Kier molecular flexibility index (Phi) is 6.34. The van der Waals surface area contributed by atoms with E-state index in [1.807, 2.05) is 44.2 Å². The van der Waals surface area contributed by atoms with E-state index in [0.29, 0.717) is 6.54 Å². The monoisotopic (exact) mass is 356 g/mol. The highest BCUT2D eigenvalue weighted by atomic mass is 16.5. The summed E-state index contributed by atoms with van der Waals surface area (Å²) in [4.78, 5) is 14.7. The van der Waals surface area contributed by atoms with E-state index in [0.717, 1.165) is 35.7 Å². The summed E-state index contributed by atoms with van der Waals surface area (Å²) in [5.41, 5.74) is 2.08. The van der Waals surface area contributed by atoms with Crippen LogP contribution in [0, 0.1) is 13.8 Å². The number of amides is 1. The van der Waals surface area contributed by atoms with Crippen molar-refractivity contribution in [1.82, 2.24) is 10.2 Å². The molecule has 1 fully saturated rings. The average Bonchev–Trinajstić information content (AvgIpc) is 3.17. The molecule has 5 heteroatoms. The van der Waals surface area contributed by atoms with Crippen molar-refractivity contribution >= 4 is 5.91 Å². The molecule has 5 nitrogen and oxygen atoms in total. The molecule has 1 aromatic heterocycles. The van der Waals surface area contributed by atoms with E-state index in [9.17, 15) is 4.79 Å². The van der Waals surface area contributed by atoms with Crippen LogP contribution in [-0.4, -0.2) is 37.0 Å². The number of nitrogens with one attached hydrogen (secondary N) is 1. The van der Waals surface area contributed by atoms with Gasteiger partial charge in [-0.15, -0.1) is 0 Å². The van der Waals surface area contributed by atoms with Crippen LogP contribution in [-0.2, 0) is 4.79 Å². The van der Waals surface area contributed by atoms with Crippen molar-refractivity contribution in [3.63, 3.8) is 0 Å². The number of nitrogens with zero attached hydrogens (tertiary/aromatic N) is 1. The van der Waals surface area contributed by atoms with Crippen LogP contribution in [0.5, 0.6) is 5.75 Å². The maximum absolute atomic E-state index is 12.3. The first-order valence-electron chi connectivity index (χ1n) is 9.38. The van der Waals surface area contributed by atoms with Gasteiger partial charge in [-0.2, -0.15) is 0 Å². The van der Waals surface area contributed by atoms with Crippen molar-refractivity contribution in [1.29, 1.82) is 0 Å². The number of carbonyl (C=O) groups excluding carboxylic acids is 1. The highest BCUT2D eigenvalue weighted by molar-refractivity contribution is 5.77. The van der Waals surface area contributed by atoms with E-state index in [1.54, 1.807) is 6.26 Å². The number of carbonyl (C=O) groups is 1. The largest absolute Gasteiger partial charge is 0.483 e. The number of furan rings is 1. The van der Waals surface area contributed by atoms with Crippen LogP contribution in [0.2, 0.25) is 0 Å². The smallest absolute Gasteiger partial charge is 0.258 e. The molecule has 1 saturated heterocycles. The summed E-state index contributed by atoms with van der Waals surface area (Å²) in [6.07, 6.45) is 5.36. The third-order valence-electron chi connectivity index (χ3n) is 4.95. The quantitative estimate of drug-likeness (QED) is 0.823. The number of rotatable bonds is 7. The van der Waals surface area contributed by atoms with E-state index in [-0.39, 0.29) is 18.6 Å². The number of para-hydroxylation sites is 1. The van der Waals surface area contributed by atoms with E-state index in [2.05, 4.69) is 10.2 Å². The molecule has 1 unspecified atom stereocenters. The van der Waals surface area contributed by atoms with Crippen LogP contribution in [0.25, 0.3) is 0 Å². The molecule has 2 heterocycles. The fraction of sp³-hybridized carbons (Fsp3) is 0.476. The van der Waals surface area contributed by atoms with Gasteiger partial charge < -0.3 is 14.5 Å². The molecule has 1 atom stereocenters. The zero-order chi connectivity index (χ0) is 18.4. The Hall–Kier alpha value is -2.27. The van der Waals surface area contributed by atoms with Crippen molar-refractivity contribution in [2.75, 3.05) is 26.2 Å². The highest BCUT2D eigenvalue weighted by Gasteiger charge is 2.25. The van der Waals surface area contributed by atoms with E-state index < -0.39 is 0 Å². The van der Waals surface area contributed by atoms with Crippen LogP contribution in [0.15, 0.2) is 41.0 Å². The fourth-order valence-electron chi connectivity index (χ4n) is 3.55. The van der Waals surface area contributed by atoms with Gasteiger partial charge in [0.1, 0.15) is 11.5 Å². The van der Waals surface area contributed by atoms with Crippen molar-refractivity contribution in [3.8, 4) is 5.75 Å². The van der Waals surface area contributed by atoms with Crippen LogP contribution in [0.1, 0.15) is 42.2 Å². The van der Waals surface area contributed by atoms with Gasteiger partial charge in [0.25, 0.3) is 5.91 Å².